The van der Waals surface area contributed by atoms with Crippen molar-refractivity contribution in [2.45, 2.75) is 66.0 Å². The summed E-state index contributed by atoms with van der Waals surface area (Å²) >= 11 is 0.747. The van der Waals surface area contributed by atoms with E-state index in [1.54, 1.807) is 55.4 Å². The van der Waals surface area contributed by atoms with E-state index in [9.17, 15) is 18.3 Å². The van der Waals surface area contributed by atoms with Gasteiger partial charge in [0.15, 0.2) is 0 Å². The van der Waals surface area contributed by atoms with Crippen LogP contribution >= 0.6 is 42.1 Å². The second-order valence-corrected chi connectivity index (χ2v) is 17.1. The molecule has 17 heteroatoms. The summed E-state index contributed by atoms with van der Waals surface area (Å²) in [5.41, 5.74) is -1.53. The zero-order valence-corrected chi connectivity index (χ0v) is 27.3. The lowest BCUT2D eigenvalue weighted by atomic mass is 10.4. The van der Waals surface area contributed by atoms with Gasteiger partial charge >= 0.3 is 30.4 Å². The number of thioether (sulfide) groups is 1. The first-order chi connectivity index (χ1) is 17.5. The van der Waals surface area contributed by atoms with E-state index in [0.29, 0.717) is 0 Å². The van der Waals surface area contributed by atoms with E-state index in [-0.39, 0.29) is 62.8 Å². The Bertz CT molecular complexity index is 902. The van der Waals surface area contributed by atoms with Crippen molar-refractivity contribution < 1.29 is 54.5 Å². The maximum atomic E-state index is 14.4. The van der Waals surface area contributed by atoms with Crippen molar-refractivity contribution in [3.63, 3.8) is 0 Å². The molecule has 1 aliphatic rings. The van der Waals surface area contributed by atoms with Gasteiger partial charge < -0.3 is 36.2 Å². The van der Waals surface area contributed by atoms with Crippen LogP contribution in [0.1, 0.15) is 55.4 Å². The van der Waals surface area contributed by atoms with E-state index in [1.807, 2.05) is 0 Å². The minimum absolute atomic E-state index is 0.0115. The van der Waals surface area contributed by atoms with Crippen LogP contribution in [0.15, 0.2) is 9.96 Å². The second kappa shape index (κ2) is 16.2. The molecule has 0 aromatic heterocycles. The van der Waals surface area contributed by atoms with Gasteiger partial charge in [0.1, 0.15) is 15.3 Å². The highest BCUT2D eigenvalue weighted by atomic mass is 32.2. The molecule has 0 unspecified atom stereocenters. The van der Waals surface area contributed by atoms with Crippen LogP contribution < -0.4 is 0 Å². The molecule has 1 aliphatic heterocycles. The molecule has 12 nitrogen and oxygen atoms in total. The normalized spacial score (nSPS) is 19.7. The van der Waals surface area contributed by atoms with Gasteiger partial charge in [0.05, 0.1) is 58.2 Å². The second-order valence-electron chi connectivity index (χ2n) is 7.06. The molecular formula is C20H42O12P4S. The molecule has 1 heterocycles. The van der Waals surface area contributed by atoms with Crippen LogP contribution in [0.2, 0.25) is 0 Å². The summed E-state index contributed by atoms with van der Waals surface area (Å²) < 4.78 is 102. The minimum atomic E-state index is -4.35. The first kappa shape index (κ1) is 35.7. The van der Waals surface area contributed by atoms with Crippen molar-refractivity contribution in [3.8, 4) is 0 Å². The third-order valence-corrected chi connectivity index (χ3v) is 17.5. The van der Waals surface area contributed by atoms with Crippen molar-refractivity contribution in [2.75, 3.05) is 52.9 Å². The Kier molecular flexibility index (Phi) is 15.7. The highest BCUT2D eigenvalue weighted by Crippen LogP contribution is 2.83. The summed E-state index contributed by atoms with van der Waals surface area (Å²) in [4.78, 5) is -1.34. The molecule has 0 saturated heterocycles. The van der Waals surface area contributed by atoms with Gasteiger partial charge in [0.2, 0.25) is 0 Å². The van der Waals surface area contributed by atoms with Crippen LogP contribution in [0.25, 0.3) is 0 Å². The average Bonchev–Trinajstić information content (AvgIpc) is 3.25. The van der Waals surface area contributed by atoms with Gasteiger partial charge in [0, 0.05) is 0 Å². The summed E-state index contributed by atoms with van der Waals surface area (Å²) in [7, 11) is -17.0. The van der Waals surface area contributed by atoms with Crippen molar-refractivity contribution in [2.24, 2.45) is 0 Å². The SMILES string of the molecule is CCOP(=O)(OCC)C1=C(P(=O)(OCC)OCC)[C@@H](P(=O)(OCC)OCC)[C@H](P(=O)(OCC)OCC)S1. The molecule has 0 bridgehead atoms. The first-order valence-corrected chi connectivity index (χ1v) is 19.6. The van der Waals surface area contributed by atoms with Crippen molar-refractivity contribution in [1.82, 2.24) is 0 Å². The van der Waals surface area contributed by atoms with Crippen LogP contribution in [0, 0.1) is 0 Å². The minimum Gasteiger partial charge on any atom is -0.308 e. The largest absolute Gasteiger partial charge is 0.368 e. The summed E-state index contributed by atoms with van der Waals surface area (Å²) in [6.07, 6.45) is 0. The lowest BCUT2D eigenvalue weighted by Gasteiger charge is -2.33. The molecule has 0 spiro atoms. The Hall–Kier alpha value is 0.690. The van der Waals surface area contributed by atoms with Crippen LogP contribution in [0.5, 0.6) is 0 Å². The van der Waals surface area contributed by atoms with Gasteiger partial charge in [-0.2, -0.15) is 0 Å². The fourth-order valence-electron chi connectivity index (χ4n) is 3.64. The van der Waals surface area contributed by atoms with Crippen molar-refractivity contribution in [3.05, 3.63) is 9.96 Å². The Morgan fingerprint density at radius 3 is 1.19 bits per heavy atom. The zero-order valence-electron chi connectivity index (χ0n) is 22.9. The van der Waals surface area contributed by atoms with Gasteiger partial charge in [-0.15, -0.1) is 0 Å². The van der Waals surface area contributed by atoms with Gasteiger partial charge in [-0.3, -0.25) is 18.3 Å². The van der Waals surface area contributed by atoms with E-state index in [2.05, 4.69) is 0 Å². The molecule has 2 atom stereocenters. The Morgan fingerprint density at radius 1 is 0.514 bits per heavy atom. The summed E-state index contributed by atoms with van der Waals surface area (Å²) in [5.74, 6) is 0. The monoisotopic (exact) mass is 630 g/mol. The number of allylic oxidation sites excluding steroid dienone is 1. The summed E-state index contributed by atoms with van der Waals surface area (Å²) in [5, 5.41) is -0.277. The molecule has 0 amide bonds. The molecule has 37 heavy (non-hydrogen) atoms. The standard InChI is InChI=1S/C20H42O12P4S/c1-9-25-33(21,26-10-2)17-18(34(22,27-11-3)28-12-4)20(36(24,31-15-7)32-16-8)37-19(17)35(23,29-13-5)30-14-6/h17,19H,9-16H2,1-8H3/t17-,19-/m1/s1. The number of hydrogen-bond acceptors (Lipinski definition) is 13. The molecule has 220 valence electrons. The topological polar surface area (TPSA) is 142 Å². The van der Waals surface area contributed by atoms with E-state index in [4.69, 9.17) is 36.2 Å². The fraction of sp³-hybridized carbons (Fsp3) is 0.900. The molecule has 0 fully saturated rings. The van der Waals surface area contributed by atoms with E-state index in [0.717, 1.165) is 11.8 Å². The maximum Gasteiger partial charge on any atom is 0.368 e. The lowest BCUT2D eigenvalue weighted by molar-refractivity contribution is 0.201. The highest BCUT2D eigenvalue weighted by molar-refractivity contribution is 8.15. The van der Waals surface area contributed by atoms with E-state index >= 15 is 0 Å². The van der Waals surface area contributed by atoms with Crippen LogP contribution in [0.3, 0.4) is 0 Å². The predicted molar refractivity (Wildman–Crippen MR) is 146 cm³/mol. The van der Waals surface area contributed by atoms with Gasteiger partial charge in [-0.1, -0.05) is 11.8 Å². The average molecular weight is 631 g/mol. The molecule has 0 aromatic rings. The number of rotatable bonds is 20. The Balaban J connectivity index is 4.25. The number of hydrogen-bond donors (Lipinski definition) is 0. The molecule has 0 N–H and O–H groups in total. The molecule has 0 radical (unpaired) electrons. The fourth-order valence-corrected chi connectivity index (χ4v) is 17.7. The Morgan fingerprint density at radius 2 is 0.838 bits per heavy atom. The molecule has 0 saturated carbocycles. The van der Waals surface area contributed by atoms with Crippen molar-refractivity contribution >= 4 is 42.1 Å². The summed E-state index contributed by atoms with van der Waals surface area (Å²) in [6.45, 7) is 12.6. The lowest BCUT2D eigenvalue weighted by Crippen LogP contribution is -2.27. The molecular weight excluding hydrogens is 588 g/mol. The van der Waals surface area contributed by atoms with Gasteiger partial charge in [0.25, 0.3) is 0 Å². The van der Waals surface area contributed by atoms with Crippen LogP contribution in [-0.2, 0) is 54.5 Å². The highest BCUT2D eigenvalue weighted by Gasteiger charge is 2.64. The third-order valence-electron chi connectivity index (χ3n) is 4.63. The zero-order chi connectivity index (χ0) is 28.3. The Labute approximate surface area is 225 Å². The quantitative estimate of drug-likeness (QED) is 0.122. The predicted octanol–water partition coefficient (Wildman–Crippen LogP) is 7.66. The molecule has 0 aliphatic carbocycles. The molecule has 0 aromatic carbocycles. The first-order valence-electron chi connectivity index (χ1n) is 12.4. The van der Waals surface area contributed by atoms with Gasteiger partial charge in [-0.25, -0.2) is 0 Å². The van der Waals surface area contributed by atoms with E-state index < -0.39 is 41.0 Å². The van der Waals surface area contributed by atoms with Crippen LogP contribution in [0.4, 0.5) is 0 Å². The van der Waals surface area contributed by atoms with Crippen molar-refractivity contribution in [1.29, 1.82) is 0 Å². The molecule has 1 rings (SSSR count). The summed E-state index contributed by atoms with van der Waals surface area (Å²) in [6, 6.07) is 0. The maximum absolute atomic E-state index is 14.4. The van der Waals surface area contributed by atoms with Crippen LogP contribution in [-0.4, -0.2) is 63.5 Å². The van der Waals surface area contributed by atoms with Gasteiger partial charge in [-0.05, 0) is 55.4 Å². The third kappa shape index (κ3) is 8.36. The van der Waals surface area contributed by atoms with E-state index in [1.165, 1.54) is 0 Å². The smallest absolute Gasteiger partial charge is 0.308 e.